The molecule has 6 nitrogen and oxygen atoms in total. The highest BCUT2D eigenvalue weighted by Gasteiger charge is 2.38. The molecule has 0 bridgehead atoms. The van der Waals surface area contributed by atoms with E-state index in [4.69, 9.17) is 9.47 Å². The molecule has 0 atom stereocenters. The molecule has 0 spiro atoms. The lowest BCUT2D eigenvalue weighted by Gasteiger charge is -2.39. The van der Waals surface area contributed by atoms with Gasteiger partial charge in [-0.3, -0.25) is 4.79 Å². The van der Waals surface area contributed by atoms with E-state index in [0.29, 0.717) is 28.3 Å². The fourth-order valence-electron chi connectivity index (χ4n) is 4.13. The number of ether oxygens (including phenoxy) is 2. The number of amides is 1. The number of nitrogens with zero attached hydrogens (tertiary/aromatic N) is 2. The maximum Gasteiger partial charge on any atom is 0.251 e. The molecule has 0 saturated carbocycles. The fourth-order valence-corrected chi connectivity index (χ4v) is 4.13. The summed E-state index contributed by atoms with van der Waals surface area (Å²) in [5.41, 5.74) is 3.35. The molecule has 1 aliphatic heterocycles. The number of hydrogen-bond donors (Lipinski definition) is 1. The van der Waals surface area contributed by atoms with Crippen LogP contribution in [0.25, 0.3) is 11.1 Å². The molecular formula is C26H24FN3O3. The van der Waals surface area contributed by atoms with Gasteiger partial charge in [-0.15, -0.1) is 0 Å². The number of rotatable bonds is 5. The summed E-state index contributed by atoms with van der Waals surface area (Å²) in [5.74, 6) is 0.406. The number of likely N-dealkylation sites (N-methyl/N-ethyl adjacent to an activating group) is 1. The largest absolute Gasteiger partial charge is 0.496 e. The van der Waals surface area contributed by atoms with Crippen molar-refractivity contribution < 1.29 is 18.7 Å². The Morgan fingerprint density at radius 1 is 1.12 bits per heavy atom. The summed E-state index contributed by atoms with van der Waals surface area (Å²) in [7, 11) is 3.22. The SMILES string of the molecule is COc1cc(F)ccc1-c1ccc2c(c1COc1cccc(C#N)c1)N(C)C(=O)C(C)(C)N2. The number of anilines is 2. The van der Waals surface area contributed by atoms with Crippen LogP contribution in [0.15, 0.2) is 54.6 Å². The molecule has 1 aliphatic rings. The van der Waals surface area contributed by atoms with Crippen molar-refractivity contribution >= 4 is 17.3 Å². The molecule has 1 heterocycles. The normalized spacial score (nSPS) is 14.2. The van der Waals surface area contributed by atoms with Crippen LogP contribution < -0.4 is 19.7 Å². The third-order valence-electron chi connectivity index (χ3n) is 5.70. The van der Waals surface area contributed by atoms with Crippen LogP contribution in [0.1, 0.15) is 25.0 Å². The van der Waals surface area contributed by atoms with Gasteiger partial charge in [0.1, 0.15) is 29.5 Å². The van der Waals surface area contributed by atoms with E-state index in [1.165, 1.54) is 19.2 Å². The number of methoxy groups -OCH3 is 1. The minimum atomic E-state index is -0.768. The van der Waals surface area contributed by atoms with Crippen molar-refractivity contribution in [2.45, 2.75) is 26.0 Å². The van der Waals surface area contributed by atoms with Crippen LogP contribution >= 0.6 is 0 Å². The number of benzene rings is 3. The highest BCUT2D eigenvalue weighted by atomic mass is 19.1. The van der Waals surface area contributed by atoms with E-state index in [1.54, 1.807) is 42.3 Å². The molecule has 0 fully saturated rings. The second-order valence-electron chi connectivity index (χ2n) is 8.37. The van der Waals surface area contributed by atoms with Crippen LogP contribution in [-0.2, 0) is 11.4 Å². The van der Waals surface area contributed by atoms with E-state index in [9.17, 15) is 14.4 Å². The average Bonchev–Trinajstić information content (AvgIpc) is 2.81. The van der Waals surface area contributed by atoms with Crippen molar-refractivity contribution in [3.8, 4) is 28.7 Å². The number of carbonyl (C=O) groups is 1. The summed E-state index contributed by atoms with van der Waals surface area (Å²) in [6.45, 7) is 3.78. The summed E-state index contributed by atoms with van der Waals surface area (Å²) in [5, 5.41) is 12.5. The first kappa shape index (κ1) is 22.2. The molecule has 0 saturated heterocycles. The topological polar surface area (TPSA) is 74.6 Å². The van der Waals surface area contributed by atoms with Crippen molar-refractivity contribution in [3.05, 3.63) is 71.5 Å². The van der Waals surface area contributed by atoms with E-state index in [0.717, 1.165) is 16.8 Å². The Hall–Kier alpha value is -4.05. The van der Waals surface area contributed by atoms with E-state index >= 15 is 0 Å². The van der Waals surface area contributed by atoms with Gasteiger partial charge in [0.2, 0.25) is 0 Å². The van der Waals surface area contributed by atoms with Crippen LogP contribution in [0.2, 0.25) is 0 Å². The Labute approximate surface area is 192 Å². The van der Waals surface area contributed by atoms with Gasteiger partial charge in [0.15, 0.2) is 0 Å². The third kappa shape index (κ3) is 4.08. The Balaban J connectivity index is 1.87. The summed E-state index contributed by atoms with van der Waals surface area (Å²) < 4.78 is 25.4. The zero-order valence-electron chi connectivity index (χ0n) is 18.9. The first-order valence-electron chi connectivity index (χ1n) is 10.4. The van der Waals surface area contributed by atoms with Crippen LogP contribution in [-0.4, -0.2) is 25.6 Å². The van der Waals surface area contributed by atoms with Gasteiger partial charge in [0.25, 0.3) is 5.91 Å². The molecule has 0 radical (unpaired) electrons. The number of fused-ring (bicyclic) bond motifs is 1. The molecule has 0 unspecified atom stereocenters. The van der Waals surface area contributed by atoms with Crippen LogP contribution in [0.5, 0.6) is 11.5 Å². The number of hydrogen-bond acceptors (Lipinski definition) is 5. The lowest BCUT2D eigenvalue weighted by atomic mass is 9.92. The average molecular weight is 445 g/mol. The van der Waals surface area contributed by atoms with Gasteiger partial charge >= 0.3 is 0 Å². The Morgan fingerprint density at radius 2 is 1.88 bits per heavy atom. The molecule has 3 aromatic carbocycles. The number of carbonyl (C=O) groups excluding carboxylic acids is 1. The summed E-state index contributed by atoms with van der Waals surface area (Å²) >= 11 is 0. The standard InChI is InChI=1S/C26H24FN3O3/c1-26(2)25(31)30(3)24-21(15-33-18-7-5-6-16(12-18)14-28)19(10-11-22(24)29-26)20-9-8-17(27)13-23(20)32-4/h5-13,29H,15H2,1-4H3. The predicted octanol–water partition coefficient (Wildman–Crippen LogP) is 5.12. The van der Waals surface area contributed by atoms with Gasteiger partial charge in [0.05, 0.1) is 30.1 Å². The van der Waals surface area contributed by atoms with Crippen molar-refractivity contribution in [1.29, 1.82) is 5.26 Å². The Bertz CT molecular complexity index is 1280. The van der Waals surface area contributed by atoms with Crippen molar-refractivity contribution in [2.24, 2.45) is 0 Å². The van der Waals surface area contributed by atoms with Crippen molar-refractivity contribution in [1.82, 2.24) is 0 Å². The van der Waals surface area contributed by atoms with Gasteiger partial charge < -0.3 is 19.7 Å². The van der Waals surface area contributed by atoms with E-state index in [1.807, 2.05) is 26.0 Å². The number of nitrogens with one attached hydrogen (secondary N) is 1. The van der Waals surface area contributed by atoms with Crippen LogP contribution in [0.4, 0.5) is 15.8 Å². The quantitative estimate of drug-likeness (QED) is 0.590. The third-order valence-corrected chi connectivity index (χ3v) is 5.70. The van der Waals surface area contributed by atoms with Crippen LogP contribution in [0, 0.1) is 17.1 Å². The van der Waals surface area contributed by atoms with E-state index < -0.39 is 11.4 Å². The second-order valence-corrected chi connectivity index (χ2v) is 8.37. The summed E-state index contributed by atoms with van der Waals surface area (Å²) in [6, 6.07) is 17.1. The zero-order chi connectivity index (χ0) is 23.8. The molecule has 0 aromatic heterocycles. The van der Waals surface area contributed by atoms with Gasteiger partial charge in [0, 0.05) is 24.2 Å². The first-order valence-corrected chi connectivity index (χ1v) is 10.4. The maximum atomic E-state index is 13.9. The zero-order valence-corrected chi connectivity index (χ0v) is 18.9. The molecule has 4 rings (SSSR count). The van der Waals surface area contributed by atoms with Crippen molar-refractivity contribution in [3.63, 3.8) is 0 Å². The second kappa shape index (κ2) is 8.47. The Morgan fingerprint density at radius 3 is 2.61 bits per heavy atom. The minimum Gasteiger partial charge on any atom is -0.496 e. The van der Waals surface area contributed by atoms with Gasteiger partial charge in [-0.2, -0.15) is 5.26 Å². The van der Waals surface area contributed by atoms with E-state index in [-0.39, 0.29) is 12.5 Å². The highest BCUT2D eigenvalue weighted by Crippen LogP contribution is 2.44. The van der Waals surface area contributed by atoms with Gasteiger partial charge in [-0.25, -0.2) is 4.39 Å². The molecule has 33 heavy (non-hydrogen) atoms. The maximum absolute atomic E-state index is 13.9. The smallest absolute Gasteiger partial charge is 0.251 e. The molecule has 168 valence electrons. The summed E-state index contributed by atoms with van der Waals surface area (Å²) in [4.78, 5) is 14.7. The number of halogens is 1. The molecule has 0 aliphatic carbocycles. The molecule has 1 amide bonds. The fraction of sp³-hybridized carbons (Fsp3) is 0.231. The van der Waals surface area contributed by atoms with E-state index in [2.05, 4.69) is 11.4 Å². The molecule has 7 heteroatoms. The Kier molecular flexibility index (Phi) is 5.69. The molecular weight excluding hydrogens is 421 g/mol. The summed E-state index contributed by atoms with van der Waals surface area (Å²) in [6.07, 6.45) is 0. The molecule has 3 aromatic rings. The first-order chi connectivity index (χ1) is 15.7. The van der Waals surface area contributed by atoms with Crippen molar-refractivity contribution in [2.75, 3.05) is 24.4 Å². The monoisotopic (exact) mass is 445 g/mol. The van der Waals surface area contributed by atoms with Gasteiger partial charge in [-0.1, -0.05) is 12.1 Å². The molecule has 1 N–H and O–H groups in total. The lowest BCUT2D eigenvalue weighted by molar-refractivity contribution is -0.121. The minimum absolute atomic E-state index is 0.0917. The number of nitriles is 1. The van der Waals surface area contributed by atoms with Crippen LogP contribution in [0.3, 0.4) is 0 Å². The predicted molar refractivity (Wildman–Crippen MR) is 125 cm³/mol. The lowest BCUT2D eigenvalue weighted by Crippen LogP contribution is -2.52. The highest BCUT2D eigenvalue weighted by molar-refractivity contribution is 6.08. The van der Waals surface area contributed by atoms with Gasteiger partial charge in [-0.05, 0) is 55.8 Å².